The Balaban J connectivity index is 1.94. The lowest BCUT2D eigenvalue weighted by atomic mass is 10.1. The number of rotatable bonds is 3. The predicted molar refractivity (Wildman–Crippen MR) is 87.6 cm³/mol. The summed E-state index contributed by atoms with van der Waals surface area (Å²) in [5.74, 6) is 0.740. The van der Waals surface area contributed by atoms with Gasteiger partial charge in [0.25, 0.3) is 0 Å². The van der Waals surface area contributed by atoms with E-state index in [0.29, 0.717) is 0 Å². The van der Waals surface area contributed by atoms with Crippen LogP contribution < -0.4 is 0 Å². The number of thiophene rings is 1. The third-order valence-electron chi connectivity index (χ3n) is 3.43. The van der Waals surface area contributed by atoms with E-state index in [9.17, 15) is 0 Å². The maximum Gasteiger partial charge on any atom is 0.128 e. The van der Waals surface area contributed by atoms with Crippen LogP contribution in [0.1, 0.15) is 21.6 Å². The second-order valence-corrected chi connectivity index (χ2v) is 6.87. The van der Waals surface area contributed by atoms with E-state index in [1.807, 2.05) is 24.3 Å². The molecule has 104 valence electrons. The Morgan fingerprint density at radius 2 is 2.05 bits per heavy atom. The summed E-state index contributed by atoms with van der Waals surface area (Å²) in [5.41, 5.74) is 3.03. The number of hydrogen-bond acceptors (Lipinski definition) is 5. The van der Waals surface area contributed by atoms with Gasteiger partial charge in [0, 0.05) is 16.0 Å². The number of fused-ring (bicyclic) bond motifs is 1. The van der Waals surface area contributed by atoms with Crippen LogP contribution in [0, 0.1) is 25.2 Å². The first-order chi connectivity index (χ1) is 10.2. The number of hydrogen-bond donors (Lipinski definition) is 0. The first-order valence-electron chi connectivity index (χ1n) is 6.52. The average Bonchev–Trinajstić information content (AvgIpc) is 2.81. The monoisotopic (exact) mass is 311 g/mol. The number of aromatic nitrogens is 2. The molecule has 0 saturated heterocycles. The van der Waals surface area contributed by atoms with E-state index in [0.717, 1.165) is 32.1 Å². The van der Waals surface area contributed by atoms with Crippen molar-refractivity contribution >= 4 is 33.3 Å². The Labute approximate surface area is 131 Å². The summed E-state index contributed by atoms with van der Waals surface area (Å²) in [4.78, 5) is 11.1. The molecule has 0 amide bonds. The van der Waals surface area contributed by atoms with Crippen molar-refractivity contribution in [1.29, 1.82) is 5.26 Å². The van der Waals surface area contributed by atoms with E-state index in [2.05, 4.69) is 29.9 Å². The minimum Gasteiger partial charge on any atom is -0.229 e. The molecular formula is C16H13N3S2. The topological polar surface area (TPSA) is 49.6 Å². The highest BCUT2D eigenvalue weighted by Gasteiger charge is 2.12. The van der Waals surface area contributed by atoms with Crippen LogP contribution in [0.2, 0.25) is 0 Å². The minimum absolute atomic E-state index is 0.730. The number of benzene rings is 1. The molecule has 0 unspecified atom stereocenters. The molecule has 2 heterocycles. The van der Waals surface area contributed by atoms with Gasteiger partial charge >= 0.3 is 0 Å². The maximum atomic E-state index is 9.15. The van der Waals surface area contributed by atoms with Crippen LogP contribution in [-0.4, -0.2) is 9.97 Å². The normalized spacial score (nSPS) is 10.7. The zero-order valence-electron chi connectivity index (χ0n) is 11.8. The van der Waals surface area contributed by atoms with Crippen LogP contribution in [-0.2, 0) is 5.75 Å². The Bertz CT molecular complexity index is 846. The molecular weight excluding hydrogens is 298 g/mol. The van der Waals surface area contributed by atoms with Crippen LogP contribution in [0.4, 0.5) is 0 Å². The molecule has 0 N–H and O–H groups in total. The largest absolute Gasteiger partial charge is 0.229 e. The van der Waals surface area contributed by atoms with Crippen LogP contribution >= 0.6 is 23.1 Å². The van der Waals surface area contributed by atoms with Gasteiger partial charge in [-0.25, -0.2) is 9.97 Å². The van der Waals surface area contributed by atoms with Gasteiger partial charge in [0.15, 0.2) is 0 Å². The number of nitriles is 1. The number of aryl methyl sites for hydroxylation is 2. The van der Waals surface area contributed by atoms with Crippen LogP contribution in [0.15, 0.2) is 35.6 Å². The summed E-state index contributed by atoms with van der Waals surface area (Å²) >= 11 is 3.37. The number of nitrogens with zero attached hydrogens (tertiary/aromatic N) is 3. The Kier molecular flexibility index (Phi) is 3.91. The molecule has 0 saturated carbocycles. The highest BCUT2D eigenvalue weighted by atomic mass is 32.2. The minimum atomic E-state index is 0.730. The molecule has 0 fully saturated rings. The van der Waals surface area contributed by atoms with Gasteiger partial charge in [-0.1, -0.05) is 18.2 Å². The Morgan fingerprint density at radius 1 is 1.24 bits per heavy atom. The first kappa shape index (κ1) is 14.1. The lowest BCUT2D eigenvalue weighted by molar-refractivity contribution is 1.10. The second kappa shape index (κ2) is 5.84. The van der Waals surface area contributed by atoms with E-state index >= 15 is 0 Å². The summed E-state index contributed by atoms with van der Waals surface area (Å²) < 4.78 is 0. The van der Waals surface area contributed by atoms with Gasteiger partial charge in [-0.2, -0.15) is 5.26 Å². The molecule has 5 heteroatoms. The van der Waals surface area contributed by atoms with E-state index in [-0.39, 0.29) is 0 Å². The van der Waals surface area contributed by atoms with Crippen molar-refractivity contribution in [1.82, 2.24) is 9.97 Å². The fourth-order valence-corrected chi connectivity index (χ4v) is 4.28. The third-order valence-corrected chi connectivity index (χ3v) is 5.59. The van der Waals surface area contributed by atoms with E-state index in [4.69, 9.17) is 5.26 Å². The molecule has 0 bridgehead atoms. The van der Waals surface area contributed by atoms with Gasteiger partial charge < -0.3 is 0 Å². The second-order valence-electron chi connectivity index (χ2n) is 4.70. The van der Waals surface area contributed by atoms with Gasteiger partial charge in [-0.3, -0.25) is 0 Å². The molecule has 3 nitrogen and oxygen atoms in total. The lowest BCUT2D eigenvalue weighted by Gasteiger charge is -2.05. The summed E-state index contributed by atoms with van der Waals surface area (Å²) in [6, 6.07) is 9.94. The third kappa shape index (κ3) is 2.65. The standard InChI is InChI=1S/C16H13N3S2/c1-10-11(2)21-16-14(10)15(18-9-19-16)20-8-13-6-4-3-5-12(13)7-17/h3-6,9H,8H2,1-2H3. The van der Waals surface area contributed by atoms with Crippen molar-refractivity contribution in [2.75, 3.05) is 0 Å². The highest BCUT2D eigenvalue weighted by Crippen LogP contribution is 2.35. The van der Waals surface area contributed by atoms with Crippen LogP contribution in [0.5, 0.6) is 0 Å². The molecule has 0 radical (unpaired) electrons. The molecule has 21 heavy (non-hydrogen) atoms. The van der Waals surface area contributed by atoms with Gasteiger partial charge in [0.05, 0.1) is 11.6 Å². The summed E-state index contributed by atoms with van der Waals surface area (Å²) in [5, 5.41) is 11.3. The molecule has 2 aromatic heterocycles. The van der Waals surface area contributed by atoms with Crippen LogP contribution in [0.3, 0.4) is 0 Å². The molecule has 3 aromatic rings. The van der Waals surface area contributed by atoms with Crippen molar-refractivity contribution in [3.05, 3.63) is 52.2 Å². The molecule has 0 atom stereocenters. The average molecular weight is 311 g/mol. The maximum absolute atomic E-state index is 9.15. The van der Waals surface area contributed by atoms with Crippen molar-refractivity contribution in [3.8, 4) is 6.07 Å². The molecule has 0 aliphatic heterocycles. The quantitative estimate of drug-likeness (QED) is 0.529. The van der Waals surface area contributed by atoms with Crippen molar-refractivity contribution in [2.24, 2.45) is 0 Å². The Morgan fingerprint density at radius 3 is 2.86 bits per heavy atom. The summed E-state index contributed by atoms with van der Waals surface area (Å²) in [6.45, 7) is 4.23. The van der Waals surface area contributed by atoms with Gasteiger partial charge in [-0.05, 0) is 31.0 Å². The SMILES string of the molecule is Cc1sc2ncnc(SCc3ccccc3C#N)c2c1C. The van der Waals surface area contributed by atoms with Crippen molar-refractivity contribution < 1.29 is 0 Å². The fourth-order valence-electron chi connectivity index (χ4n) is 2.16. The fraction of sp³-hybridized carbons (Fsp3) is 0.188. The summed E-state index contributed by atoms with van der Waals surface area (Å²) in [7, 11) is 0. The molecule has 3 rings (SSSR count). The smallest absolute Gasteiger partial charge is 0.128 e. The molecule has 0 spiro atoms. The number of thioether (sulfide) groups is 1. The van der Waals surface area contributed by atoms with Gasteiger partial charge in [0.2, 0.25) is 0 Å². The first-order valence-corrected chi connectivity index (χ1v) is 8.32. The van der Waals surface area contributed by atoms with Crippen LogP contribution in [0.25, 0.3) is 10.2 Å². The Hall–Kier alpha value is -1.90. The molecule has 0 aliphatic rings. The highest BCUT2D eigenvalue weighted by molar-refractivity contribution is 7.98. The molecule has 1 aromatic carbocycles. The lowest BCUT2D eigenvalue weighted by Crippen LogP contribution is -1.89. The summed E-state index contributed by atoms with van der Waals surface area (Å²) in [6.07, 6.45) is 1.62. The van der Waals surface area contributed by atoms with E-state index < -0.39 is 0 Å². The zero-order chi connectivity index (χ0) is 14.8. The van der Waals surface area contributed by atoms with Gasteiger partial charge in [0.1, 0.15) is 16.2 Å². The van der Waals surface area contributed by atoms with Crippen molar-refractivity contribution in [3.63, 3.8) is 0 Å². The molecule has 0 aliphatic carbocycles. The van der Waals surface area contributed by atoms with E-state index in [1.54, 1.807) is 29.4 Å². The predicted octanol–water partition coefficient (Wildman–Crippen LogP) is 4.47. The van der Waals surface area contributed by atoms with E-state index in [1.165, 1.54) is 10.4 Å². The zero-order valence-corrected chi connectivity index (χ0v) is 13.4. The van der Waals surface area contributed by atoms with Crippen molar-refractivity contribution in [2.45, 2.75) is 24.6 Å². The van der Waals surface area contributed by atoms with Gasteiger partial charge in [-0.15, -0.1) is 23.1 Å².